The Bertz CT molecular complexity index is 757. The highest BCUT2D eigenvalue weighted by atomic mass is 32.2. The quantitative estimate of drug-likeness (QED) is 0.762. The van der Waals surface area contributed by atoms with Crippen molar-refractivity contribution in [1.82, 2.24) is 15.1 Å². The topological polar surface area (TPSA) is 61.4 Å². The van der Waals surface area contributed by atoms with E-state index in [1.165, 1.54) is 48.1 Å². The summed E-state index contributed by atoms with van der Waals surface area (Å²) in [4.78, 5) is 16.5. The highest BCUT2D eigenvalue weighted by Gasteiger charge is 2.24. The molecule has 1 aliphatic heterocycles. The van der Waals surface area contributed by atoms with Crippen LogP contribution in [-0.4, -0.2) is 59.0 Å². The molecule has 0 unspecified atom stereocenters. The second-order valence-electron chi connectivity index (χ2n) is 6.42. The van der Waals surface area contributed by atoms with Gasteiger partial charge in [-0.1, -0.05) is 23.1 Å². The molecule has 1 saturated heterocycles. The van der Waals surface area contributed by atoms with Crippen molar-refractivity contribution in [3.8, 4) is 0 Å². The Morgan fingerprint density at radius 1 is 1.19 bits per heavy atom. The Labute approximate surface area is 159 Å². The van der Waals surface area contributed by atoms with Crippen molar-refractivity contribution in [1.29, 1.82) is 0 Å². The maximum Gasteiger partial charge on any atom is 0.233 e. The normalized spacial score (nSPS) is 17.4. The Morgan fingerprint density at radius 2 is 1.92 bits per heavy atom. The fraction of sp³-hybridized carbons (Fsp3) is 0.471. The van der Waals surface area contributed by atoms with Gasteiger partial charge in [-0.2, -0.15) is 0 Å². The van der Waals surface area contributed by atoms with E-state index in [1.807, 2.05) is 4.90 Å². The number of halogens is 1. The van der Waals surface area contributed by atoms with Gasteiger partial charge in [-0.25, -0.2) is 4.39 Å². The minimum Gasteiger partial charge on any atom is -0.368 e. The zero-order chi connectivity index (χ0) is 17.9. The highest BCUT2D eigenvalue weighted by molar-refractivity contribution is 8.01. The molecule has 0 radical (unpaired) electrons. The maximum absolute atomic E-state index is 13.0. The van der Waals surface area contributed by atoms with Crippen LogP contribution >= 0.6 is 23.1 Å². The molecule has 4 rings (SSSR count). The van der Waals surface area contributed by atoms with Crippen LogP contribution in [0.1, 0.15) is 12.8 Å². The van der Waals surface area contributed by atoms with E-state index in [2.05, 4.69) is 20.4 Å². The summed E-state index contributed by atoms with van der Waals surface area (Å²) in [6.45, 7) is 2.88. The van der Waals surface area contributed by atoms with E-state index in [0.717, 1.165) is 28.2 Å². The predicted molar refractivity (Wildman–Crippen MR) is 102 cm³/mol. The van der Waals surface area contributed by atoms with Gasteiger partial charge in [0.05, 0.1) is 5.75 Å². The Morgan fingerprint density at radius 3 is 2.62 bits per heavy atom. The first-order valence-corrected chi connectivity index (χ1v) is 10.5. The molecule has 0 atom stereocenters. The van der Waals surface area contributed by atoms with Gasteiger partial charge < -0.3 is 15.1 Å². The summed E-state index contributed by atoms with van der Waals surface area (Å²) < 4.78 is 13.9. The number of amides is 1. The molecular formula is C17H20FN5OS2. The van der Waals surface area contributed by atoms with Gasteiger partial charge in [0.2, 0.25) is 11.0 Å². The SMILES string of the molecule is O=C(CSc1nnc(NC2CC2)s1)N1CCN(c2ccc(F)cc2)CC1. The Kier molecular flexibility index (Phi) is 5.26. The van der Waals surface area contributed by atoms with Crippen LogP contribution in [0, 0.1) is 5.82 Å². The molecule has 1 N–H and O–H groups in total. The third-order valence-electron chi connectivity index (χ3n) is 4.45. The van der Waals surface area contributed by atoms with Crippen LogP contribution in [0.25, 0.3) is 0 Å². The number of piperazine rings is 1. The van der Waals surface area contributed by atoms with Crippen molar-refractivity contribution in [3.05, 3.63) is 30.1 Å². The number of thioether (sulfide) groups is 1. The number of nitrogens with one attached hydrogen (secondary N) is 1. The van der Waals surface area contributed by atoms with Crippen LogP contribution < -0.4 is 10.2 Å². The summed E-state index contributed by atoms with van der Waals surface area (Å²) in [6.07, 6.45) is 2.40. The van der Waals surface area contributed by atoms with Crippen LogP contribution in [0.15, 0.2) is 28.6 Å². The summed E-state index contributed by atoms with van der Waals surface area (Å²) in [5.41, 5.74) is 0.998. The van der Waals surface area contributed by atoms with Crippen molar-refractivity contribution in [2.75, 3.05) is 42.1 Å². The molecule has 0 spiro atoms. The van der Waals surface area contributed by atoms with Gasteiger partial charge in [-0.05, 0) is 37.1 Å². The monoisotopic (exact) mass is 393 g/mol. The van der Waals surface area contributed by atoms with Crippen molar-refractivity contribution in [2.24, 2.45) is 0 Å². The van der Waals surface area contributed by atoms with Gasteiger partial charge >= 0.3 is 0 Å². The first-order valence-electron chi connectivity index (χ1n) is 8.68. The number of anilines is 2. The molecule has 1 saturated carbocycles. The second kappa shape index (κ2) is 7.79. The third kappa shape index (κ3) is 4.45. The minimum absolute atomic E-state index is 0.126. The lowest BCUT2D eigenvalue weighted by molar-refractivity contribution is -0.128. The Hall–Kier alpha value is -1.87. The number of carbonyl (C=O) groups excluding carboxylic acids is 1. The van der Waals surface area contributed by atoms with Crippen molar-refractivity contribution < 1.29 is 9.18 Å². The lowest BCUT2D eigenvalue weighted by atomic mass is 10.2. The highest BCUT2D eigenvalue weighted by Crippen LogP contribution is 2.30. The number of hydrogen-bond donors (Lipinski definition) is 1. The lowest BCUT2D eigenvalue weighted by Crippen LogP contribution is -2.49. The smallest absolute Gasteiger partial charge is 0.233 e. The molecule has 1 aliphatic carbocycles. The molecule has 138 valence electrons. The van der Waals surface area contributed by atoms with E-state index < -0.39 is 0 Å². The predicted octanol–water partition coefficient (Wildman–Crippen LogP) is 2.69. The minimum atomic E-state index is -0.230. The fourth-order valence-electron chi connectivity index (χ4n) is 2.81. The summed E-state index contributed by atoms with van der Waals surface area (Å²) in [7, 11) is 0. The number of hydrogen-bond acceptors (Lipinski definition) is 7. The molecule has 26 heavy (non-hydrogen) atoms. The van der Waals surface area contributed by atoms with Crippen LogP contribution in [0.5, 0.6) is 0 Å². The first-order chi connectivity index (χ1) is 12.7. The Balaban J connectivity index is 1.23. The third-order valence-corrected chi connectivity index (χ3v) is 6.43. The van der Waals surface area contributed by atoms with Gasteiger partial charge in [0, 0.05) is 37.9 Å². The number of benzene rings is 1. The molecule has 0 bridgehead atoms. The zero-order valence-electron chi connectivity index (χ0n) is 14.2. The van der Waals surface area contributed by atoms with E-state index in [1.54, 1.807) is 12.1 Å². The molecular weight excluding hydrogens is 373 g/mol. The molecule has 2 aliphatic rings. The number of rotatable bonds is 6. The molecule has 2 aromatic rings. The fourth-order valence-corrected chi connectivity index (χ4v) is 4.54. The van der Waals surface area contributed by atoms with E-state index >= 15 is 0 Å². The van der Waals surface area contributed by atoms with E-state index in [-0.39, 0.29) is 11.7 Å². The van der Waals surface area contributed by atoms with E-state index in [0.29, 0.717) is 24.9 Å². The van der Waals surface area contributed by atoms with E-state index in [9.17, 15) is 9.18 Å². The average molecular weight is 394 g/mol. The molecule has 1 amide bonds. The van der Waals surface area contributed by atoms with Crippen LogP contribution in [0.4, 0.5) is 15.2 Å². The number of nitrogens with zero attached hydrogens (tertiary/aromatic N) is 4. The van der Waals surface area contributed by atoms with Gasteiger partial charge in [-0.15, -0.1) is 10.2 Å². The standard InChI is InChI=1S/C17H20FN5OS2/c18-12-1-5-14(6-2-12)22-7-9-23(10-8-22)15(24)11-25-17-21-20-16(26-17)19-13-3-4-13/h1-2,5-6,13H,3-4,7-11H2,(H,19,20). The van der Waals surface area contributed by atoms with Crippen LogP contribution in [0.2, 0.25) is 0 Å². The molecule has 6 nitrogen and oxygen atoms in total. The van der Waals surface area contributed by atoms with Crippen LogP contribution in [-0.2, 0) is 4.79 Å². The van der Waals surface area contributed by atoms with Crippen molar-refractivity contribution in [2.45, 2.75) is 23.2 Å². The largest absolute Gasteiger partial charge is 0.368 e. The van der Waals surface area contributed by atoms with Crippen molar-refractivity contribution in [3.63, 3.8) is 0 Å². The van der Waals surface area contributed by atoms with Crippen LogP contribution in [0.3, 0.4) is 0 Å². The molecule has 1 aromatic carbocycles. The maximum atomic E-state index is 13.0. The average Bonchev–Trinajstić information content (AvgIpc) is 3.37. The summed E-state index contributed by atoms with van der Waals surface area (Å²) in [5, 5.41) is 12.4. The molecule has 9 heteroatoms. The summed E-state index contributed by atoms with van der Waals surface area (Å²) in [5.74, 6) is 0.279. The first kappa shape index (κ1) is 17.5. The molecule has 2 fully saturated rings. The van der Waals surface area contributed by atoms with Gasteiger partial charge in [0.1, 0.15) is 5.82 Å². The van der Waals surface area contributed by atoms with Crippen molar-refractivity contribution >= 4 is 39.8 Å². The van der Waals surface area contributed by atoms with Gasteiger partial charge in [0.25, 0.3) is 0 Å². The van der Waals surface area contributed by atoms with Gasteiger partial charge in [-0.3, -0.25) is 4.79 Å². The van der Waals surface area contributed by atoms with Gasteiger partial charge in [0.15, 0.2) is 4.34 Å². The lowest BCUT2D eigenvalue weighted by Gasteiger charge is -2.36. The molecule has 2 heterocycles. The molecule has 1 aromatic heterocycles. The summed E-state index contributed by atoms with van der Waals surface area (Å²) in [6, 6.07) is 7.06. The summed E-state index contributed by atoms with van der Waals surface area (Å²) >= 11 is 2.96. The second-order valence-corrected chi connectivity index (χ2v) is 8.62. The number of carbonyl (C=O) groups is 1. The number of aromatic nitrogens is 2. The van der Waals surface area contributed by atoms with E-state index in [4.69, 9.17) is 0 Å². The zero-order valence-corrected chi connectivity index (χ0v) is 15.9.